The number of carbonyl (C=O) groups excluding carboxylic acids is 1. The molecule has 0 aliphatic carbocycles. The van der Waals surface area contributed by atoms with Crippen LogP contribution < -0.4 is 5.32 Å². The van der Waals surface area contributed by atoms with E-state index in [1.54, 1.807) is 30.5 Å². The van der Waals surface area contributed by atoms with Crippen LogP contribution in [0.4, 0.5) is 5.95 Å². The number of anilines is 1. The second-order valence-electron chi connectivity index (χ2n) is 4.78. The number of rotatable bonds is 4. The number of thiophene rings is 1. The Bertz CT molecular complexity index is 796. The third kappa shape index (κ3) is 3.20. The zero-order valence-electron chi connectivity index (χ0n) is 12.2. The molecule has 0 spiro atoms. The molecule has 0 fully saturated rings. The van der Waals surface area contributed by atoms with Crippen molar-refractivity contribution in [3.8, 4) is 11.5 Å². The van der Waals surface area contributed by atoms with E-state index < -0.39 is 0 Å². The number of nitrogens with one attached hydrogen (secondary N) is 1. The summed E-state index contributed by atoms with van der Waals surface area (Å²) in [5.41, 5.74) is 2.33. The van der Waals surface area contributed by atoms with Crippen LogP contribution in [0.15, 0.2) is 33.5 Å². The maximum absolute atomic E-state index is 12.1. The number of hydrogen-bond donors (Lipinski definition) is 1. The maximum atomic E-state index is 12.1. The van der Waals surface area contributed by atoms with Gasteiger partial charge in [0.2, 0.25) is 17.7 Å². The van der Waals surface area contributed by atoms with Crippen molar-refractivity contribution in [2.24, 2.45) is 0 Å². The van der Waals surface area contributed by atoms with Gasteiger partial charge in [0.15, 0.2) is 0 Å². The van der Waals surface area contributed by atoms with Crippen LogP contribution in [0.1, 0.15) is 17.1 Å². The molecule has 0 aromatic carbocycles. The standard InChI is InChI=1S/C15H14N4O2S/c1-9-3-5-16-15(17-9)19-13(20)7-12-10(2)21-14(18-12)11-4-6-22-8-11/h3-6,8H,7H2,1-2H3,(H,16,17,19,20). The summed E-state index contributed by atoms with van der Waals surface area (Å²) in [4.78, 5) is 24.6. The van der Waals surface area contributed by atoms with E-state index in [1.165, 1.54) is 0 Å². The third-order valence-corrected chi connectivity index (χ3v) is 3.72. The van der Waals surface area contributed by atoms with Gasteiger partial charge in [0.05, 0.1) is 12.1 Å². The Morgan fingerprint density at radius 1 is 1.32 bits per heavy atom. The predicted octanol–water partition coefficient (Wildman–Crippen LogP) is 2.99. The van der Waals surface area contributed by atoms with E-state index in [9.17, 15) is 4.79 Å². The molecular formula is C15H14N4O2S. The zero-order chi connectivity index (χ0) is 15.5. The lowest BCUT2D eigenvalue weighted by atomic mass is 10.2. The Morgan fingerprint density at radius 2 is 2.18 bits per heavy atom. The molecule has 112 valence electrons. The van der Waals surface area contributed by atoms with E-state index in [2.05, 4.69) is 20.3 Å². The summed E-state index contributed by atoms with van der Waals surface area (Å²) in [6, 6.07) is 3.70. The highest BCUT2D eigenvalue weighted by molar-refractivity contribution is 7.08. The van der Waals surface area contributed by atoms with Gasteiger partial charge in [-0.2, -0.15) is 11.3 Å². The first kappa shape index (κ1) is 14.4. The average Bonchev–Trinajstić information content (AvgIpc) is 3.09. The molecule has 3 rings (SSSR count). The molecule has 0 unspecified atom stereocenters. The van der Waals surface area contributed by atoms with E-state index in [4.69, 9.17) is 4.42 Å². The second-order valence-corrected chi connectivity index (χ2v) is 5.56. The fraction of sp³-hybridized carbons (Fsp3) is 0.200. The highest BCUT2D eigenvalue weighted by atomic mass is 32.1. The van der Waals surface area contributed by atoms with Gasteiger partial charge in [-0.15, -0.1) is 0 Å². The minimum Gasteiger partial charge on any atom is -0.441 e. The third-order valence-electron chi connectivity index (χ3n) is 3.03. The minimum atomic E-state index is -0.223. The molecule has 0 saturated heterocycles. The number of carbonyl (C=O) groups is 1. The van der Waals surface area contributed by atoms with Crippen LogP contribution >= 0.6 is 11.3 Å². The van der Waals surface area contributed by atoms with Crippen molar-refractivity contribution in [3.05, 3.63) is 46.2 Å². The number of nitrogens with zero attached hydrogens (tertiary/aromatic N) is 3. The number of aryl methyl sites for hydroxylation is 2. The van der Waals surface area contributed by atoms with E-state index in [1.807, 2.05) is 23.8 Å². The van der Waals surface area contributed by atoms with Gasteiger partial charge in [-0.1, -0.05) is 0 Å². The predicted molar refractivity (Wildman–Crippen MR) is 83.7 cm³/mol. The van der Waals surface area contributed by atoms with E-state index in [-0.39, 0.29) is 12.3 Å². The molecule has 0 saturated carbocycles. The lowest BCUT2D eigenvalue weighted by molar-refractivity contribution is -0.115. The topological polar surface area (TPSA) is 80.9 Å². The van der Waals surface area contributed by atoms with E-state index in [0.29, 0.717) is 23.3 Å². The van der Waals surface area contributed by atoms with Gasteiger partial charge in [-0.05, 0) is 31.4 Å². The Kier molecular flexibility index (Phi) is 3.97. The van der Waals surface area contributed by atoms with Crippen molar-refractivity contribution < 1.29 is 9.21 Å². The van der Waals surface area contributed by atoms with Crippen molar-refractivity contribution in [2.75, 3.05) is 5.32 Å². The molecule has 0 aliphatic heterocycles. The zero-order valence-corrected chi connectivity index (χ0v) is 13.0. The van der Waals surface area contributed by atoms with Crippen LogP contribution in [-0.4, -0.2) is 20.9 Å². The van der Waals surface area contributed by atoms with Crippen LogP contribution in [0.5, 0.6) is 0 Å². The van der Waals surface area contributed by atoms with Gasteiger partial charge in [-0.3, -0.25) is 10.1 Å². The summed E-state index contributed by atoms with van der Waals surface area (Å²) in [6.45, 7) is 3.64. The second kappa shape index (κ2) is 6.07. The van der Waals surface area contributed by atoms with Gasteiger partial charge >= 0.3 is 0 Å². The first-order valence-corrected chi connectivity index (χ1v) is 7.64. The Labute approximate surface area is 131 Å². The molecule has 0 bridgehead atoms. The summed E-state index contributed by atoms with van der Waals surface area (Å²) in [7, 11) is 0. The van der Waals surface area contributed by atoms with Crippen molar-refractivity contribution in [2.45, 2.75) is 20.3 Å². The molecule has 0 radical (unpaired) electrons. The fourth-order valence-corrected chi connectivity index (χ4v) is 2.56. The molecule has 22 heavy (non-hydrogen) atoms. The van der Waals surface area contributed by atoms with Gasteiger partial charge in [-0.25, -0.2) is 15.0 Å². The Morgan fingerprint density at radius 3 is 2.91 bits per heavy atom. The van der Waals surface area contributed by atoms with Crippen molar-refractivity contribution in [3.63, 3.8) is 0 Å². The Balaban J connectivity index is 1.72. The van der Waals surface area contributed by atoms with Crippen molar-refractivity contribution in [1.29, 1.82) is 0 Å². The summed E-state index contributed by atoms with van der Waals surface area (Å²) in [6.07, 6.45) is 1.73. The first-order valence-electron chi connectivity index (χ1n) is 6.70. The van der Waals surface area contributed by atoms with Crippen LogP contribution in [0.3, 0.4) is 0 Å². The van der Waals surface area contributed by atoms with Crippen molar-refractivity contribution in [1.82, 2.24) is 15.0 Å². The summed E-state index contributed by atoms with van der Waals surface area (Å²) < 4.78 is 5.61. The SMILES string of the molecule is Cc1ccnc(NC(=O)Cc2nc(-c3ccsc3)oc2C)n1. The molecule has 1 amide bonds. The normalized spacial score (nSPS) is 10.6. The van der Waals surface area contributed by atoms with E-state index in [0.717, 1.165) is 11.3 Å². The van der Waals surface area contributed by atoms with Crippen LogP contribution in [0.25, 0.3) is 11.5 Å². The van der Waals surface area contributed by atoms with Crippen LogP contribution in [0, 0.1) is 13.8 Å². The molecule has 3 heterocycles. The summed E-state index contributed by atoms with van der Waals surface area (Å²) >= 11 is 1.57. The van der Waals surface area contributed by atoms with Gasteiger partial charge in [0, 0.05) is 22.8 Å². The minimum absolute atomic E-state index is 0.122. The van der Waals surface area contributed by atoms with E-state index >= 15 is 0 Å². The molecule has 7 heteroatoms. The lowest BCUT2D eigenvalue weighted by Crippen LogP contribution is -2.17. The van der Waals surface area contributed by atoms with Gasteiger partial charge in [0.1, 0.15) is 5.76 Å². The molecule has 3 aromatic heterocycles. The highest BCUT2D eigenvalue weighted by Gasteiger charge is 2.15. The van der Waals surface area contributed by atoms with Gasteiger partial charge < -0.3 is 4.42 Å². The van der Waals surface area contributed by atoms with Gasteiger partial charge in [0.25, 0.3) is 0 Å². The first-order chi connectivity index (χ1) is 10.6. The molecule has 3 aromatic rings. The van der Waals surface area contributed by atoms with Crippen LogP contribution in [0.2, 0.25) is 0 Å². The Hall–Kier alpha value is -2.54. The summed E-state index contributed by atoms with van der Waals surface area (Å²) in [5.74, 6) is 1.25. The molecule has 1 N–H and O–H groups in total. The summed E-state index contributed by atoms with van der Waals surface area (Å²) in [5, 5.41) is 6.57. The number of amides is 1. The molecular weight excluding hydrogens is 300 g/mol. The van der Waals surface area contributed by atoms with Crippen molar-refractivity contribution >= 4 is 23.2 Å². The number of hydrogen-bond acceptors (Lipinski definition) is 6. The number of oxazole rings is 1. The maximum Gasteiger partial charge on any atom is 0.232 e. The number of aromatic nitrogens is 3. The molecule has 6 nitrogen and oxygen atoms in total. The fourth-order valence-electron chi connectivity index (χ4n) is 1.93. The molecule has 0 aliphatic rings. The molecule has 0 atom stereocenters. The van der Waals surface area contributed by atoms with Crippen LogP contribution in [-0.2, 0) is 11.2 Å². The highest BCUT2D eigenvalue weighted by Crippen LogP contribution is 2.24. The quantitative estimate of drug-likeness (QED) is 0.800. The largest absolute Gasteiger partial charge is 0.441 e. The smallest absolute Gasteiger partial charge is 0.232 e. The average molecular weight is 314 g/mol. The lowest BCUT2D eigenvalue weighted by Gasteiger charge is -2.02. The monoisotopic (exact) mass is 314 g/mol.